The third kappa shape index (κ3) is 3.70. The molecular formula is C14H21ClN4O. The second-order valence-corrected chi connectivity index (χ2v) is 5.39. The first kappa shape index (κ1) is 15.3. The number of imidazole rings is 1. The van der Waals surface area contributed by atoms with Gasteiger partial charge in [0, 0.05) is 18.1 Å². The molecule has 1 aromatic heterocycles. The van der Waals surface area contributed by atoms with Crippen LogP contribution < -0.4 is 5.73 Å². The lowest BCUT2D eigenvalue weighted by atomic mass is 10.3. The van der Waals surface area contributed by atoms with Gasteiger partial charge in [-0.1, -0.05) is 11.6 Å². The molecule has 110 valence electrons. The van der Waals surface area contributed by atoms with E-state index in [0.717, 1.165) is 29.9 Å². The largest absolute Gasteiger partial charge is 0.378 e. The minimum atomic E-state index is 0.546. The molecule has 0 saturated carbocycles. The van der Waals surface area contributed by atoms with Gasteiger partial charge in [-0.25, -0.2) is 4.98 Å². The van der Waals surface area contributed by atoms with Gasteiger partial charge in [0.15, 0.2) is 0 Å². The normalized spacial score (nSPS) is 11.7. The SMILES string of the molecule is CN(C)Cc1nc2cc(Cl)ccc2n1CCOCCN. The molecule has 0 saturated heterocycles. The van der Waals surface area contributed by atoms with E-state index in [1.165, 1.54) is 0 Å². The van der Waals surface area contributed by atoms with Gasteiger partial charge in [0.25, 0.3) is 0 Å². The number of rotatable bonds is 7. The Morgan fingerprint density at radius 2 is 2.15 bits per heavy atom. The Hall–Kier alpha value is -1.14. The Labute approximate surface area is 124 Å². The molecule has 6 heteroatoms. The molecule has 0 spiro atoms. The topological polar surface area (TPSA) is 56.3 Å². The van der Waals surface area contributed by atoms with E-state index in [4.69, 9.17) is 22.1 Å². The van der Waals surface area contributed by atoms with E-state index in [-0.39, 0.29) is 0 Å². The lowest BCUT2D eigenvalue weighted by molar-refractivity contribution is 0.133. The maximum atomic E-state index is 6.03. The number of benzene rings is 1. The highest BCUT2D eigenvalue weighted by Crippen LogP contribution is 2.21. The zero-order valence-electron chi connectivity index (χ0n) is 12.0. The van der Waals surface area contributed by atoms with E-state index in [9.17, 15) is 0 Å². The molecule has 0 radical (unpaired) electrons. The molecule has 0 unspecified atom stereocenters. The number of nitrogens with two attached hydrogens (primary N) is 1. The van der Waals surface area contributed by atoms with Crippen LogP contribution in [0.5, 0.6) is 0 Å². The average molecular weight is 297 g/mol. The summed E-state index contributed by atoms with van der Waals surface area (Å²) in [6.45, 7) is 3.31. The summed E-state index contributed by atoms with van der Waals surface area (Å²) >= 11 is 6.03. The molecule has 0 atom stereocenters. The molecule has 1 aromatic carbocycles. The van der Waals surface area contributed by atoms with E-state index in [2.05, 4.69) is 14.5 Å². The van der Waals surface area contributed by atoms with Crippen LogP contribution in [0, 0.1) is 0 Å². The number of fused-ring (bicyclic) bond motifs is 1. The van der Waals surface area contributed by atoms with E-state index >= 15 is 0 Å². The van der Waals surface area contributed by atoms with Crippen molar-refractivity contribution in [3.8, 4) is 0 Å². The quantitative estimate of drug-likeness (QED) is 0.791. The maximum absolute atomic E-state index is 6.03. The summed E-state index contributed by atoms with van der Waals surface area (Å²) in [7, 11) is 4.06. The van der Waals surface area contributed by atoms with Crippen LogP contribution in [0.15, 0.2) is 18.2 Å². The highest BCUT2D eigenvalue weighted by atomic mass is 35.5. The highest BCUT2D eigenvalue weighted by molar-refractivity contribution is 6.31. The molecule has 0 fully saturated rings. The van der Waals surface area contributed by atoms with Gasteiger partial charge >= 0.3 is 0 Å². The summed E-state index contributed by atoms with van der Waals surface area (Å²) in [4.78, 5) is 6.77. The molecular weight excluding hydrogens is 276 g/mol. The standard InChI is InChI=1S/C14H21ClN4O/c1-18(2)10-14-17-12-9-11(15)3-4-13(12)19(14)6-8-20-7-5-16/h3-4,9H,5-8,10,16H2,1-2H3. The van der Waals surface area contributed by atoms with Crippen LogP contribution in [-0.2, 0) is 17.8 Å². The molecule has 5 nitrogen and oxygen atoms in total. The number of aromatic nitrogens is 2. The van der Waals surface area contributed by atoms with Gasteiger partial charge in [-0.05, 0) is 32.3 Å². The van der Waals surface area contributed by atoms with Gasteiger partial charge in [0.05, 0.1) is 30.8 Å². The van der Waals surface area contributed by atoms with E-state index < -0.39 is 0 Å². The van der Waals surface area contributed by atoms with Crippen LogP contribution in [0.2, 0.25) is 5.02 Å². The summed E-state index contributed by atoms with van der Waals surface area (Å²) in [5, 5.41) is 0.706. The van der Waals surface area contributed by atoms with Crippen LogP contribution in [-0.4, -0.2) is 48.3 Å². The smallest absolute Gasteiger partial charge is 0.124 e. The second-order valence-electron chi connectivity index (χ2n) is 4.95. The molecule has 1 heterocycles. The van der Waals surface area contributed by atoms with Crippen molar-refractivity contribution >= 4 is 22.6 Å². The summed E-state index contributed by atoms with van der Waals surface area (Å²) in [5.74, 6) is 1.02. The van der Waals surface area contributed by atoms with Gasteiger partial charge in [-0.2, -0.15) is 0 Å². The summed E-state index contributed by atoms with van der Waals surface area (Å²) in [5.41, 5.74) is 7.44. The molecule has 2 N–H and O–H groups in total. The lowest BCUT2D eigenvalue weighted by Crippen LogP contribution is -2.18. The van der Waals surface area contributed by atoms with E-state index in [1.807, 2.05) is 32.3 Å². The Bertz CT molecular complexity index is 568. The van der Waals surface area contributed by atoms with Gasteiger partial charge in [-0.3, -0.25) is 0 Å². The predicted octanol–water partition coefficient (Wildman–Crippen LogP) is 1.73. The Morgan fingerprint density at radius 3 is 2.85 bits per heavy atom. The first-order chi connectivity index (χ1) is 9.61. The summed E-state index contributed by atoms with van der Waals surface area (Å²) < 4.78 is 7.66. The van der Waals surface area contributed by atoms with Crippen LogP contribution >= 0.6 is 11.6 Å². The van der Waals surface area contributed by atoms with Crippen molar-refractivity contribution in [2.75, 3.05) is 33.9 Å². The monoisotopic (exact) mass is 296 g/mol. The van der Waals surface area contributed by atoms with Crippen LogP contribution in [0.4, 0.5) is 0 Å². The van der Waals surface area contributed by atoms with Crippen molar-refractivity contribution in [2.45, 2.75) is 13.1 Å². The zero-order valence-corrected chi connectivity index (χ0v) is 12.7. The fourth-order valence-corrected chi connectivity index (χ4v) is 2.31. The van der Waals surface area contributed by atoms with Crippen molar-refractivity contribution in [1.82, 2.24) is 14.5 Å². The van der Waals surface area contributed by atoms with E-state index in [0.29, 0.717) is 24.8 Å². The minimum Gasteiger partial charge on any atom is -0.378 e. The van der Waals surface area contributed by atoms with Crippen molar-refractivity contribution in [1.29, 1.82) is 0 Å². The second kappa shape index (κ2) is 7.04. The van der Waals surface area contributed by atoms with Crippen molar-refractivity contribution in [2.24, 2.45) is 5.73 Å². The van der Waals surface area contributed by atoms with Crippen LogP contribution in [0.3, 0.4) is 0 Å². The third-order valence-corrected chi connectivity index (χ3v) is 3.20. The number of halogens is 1. The van der Waals surface area contributed by atoms with Gasteiger partial charge < -0.3 is 19.9 Å². The van der Waals surface area contributed by atoms with Gasteiger partial charge in [0.1, 0.15) is 5.82 Å². The van der Waals surface area contributed by atoms with E-state index in [1.54, 1.807) is 0 Å². The predicted molar refractivity (Wildman–Crippen MR) is 82.0 cm³/mol. The van der Waals surface area contributed by atoms with Crippen LogP contribution in [0.1, 0.15) is 5.82 Å². The van der Waals surface area contributed by atoms with Crippen molar-refractivity contribution in [3.05, 3.63) is 29.0 Å². The summed E-state index contributed by atoms with van der Waals surface area (Å²) in [6.07, 6.45) is 0. The lowest BCUT2D eigenvalue weighted by Gasteiger charge is -2.13. The molecule has 20 heavy (non-hydrogen) atoms. The number of hydrogen-bond donors (Lipinski definition) is 1. The van der Waals surface area contributed by atoms with Crippen LogP contribution in [0.25, 0.3) is 11.0 Å². The molecule has 2 aromatic rings. The third-order valence-electron chi connectivity index (χ3n) is 2.97. The number of nitrogens with zero attached hydrogens (tertiary/aromatic N) is 3. The number of hydrogen-bond acceptors (Lipinski definition) is 4. The fraction of sp³-hybridized carbons (Fsp3) is 0.500. The minimum absolute atomic E-state index is 0.546. The van der Waals surface area contributed by atoms with Gasteiger partial charge in [0.2, 0.25) is 0 Å². The zero-order chi connectivity index (χ0) is 14.5. The molecule has 0 aliphatic heterocycles. The maximum Gasteiger partial charge on any atom is 0.124 e. The molecule has 0 aliphatic rings. The Kier molecular flexibility index (Phi) is 5.37. The van der Waals surface area contributed by atoms with Gasteiger partial charge in [-0.15, -0.1) is 0 Å². The van der Waals surface area contributed by atoms with Crippen molar-refractivity contribution < 1.29 is 4.74 Å². The van der Waals surface area contributed by atoms with Crippen molar-refractivity contribution in [3.63, 3.8) is 0 Å². The molecule has 0 aliphatic carbocycles. The molecule has 2 rings (SSSR count). The fourth-order valence-electron chi connectivity index (χ4n) is 2.15. The first-order valence-corrected chi connectivity index (χ1v) is 7.07. The Balaban J connectivity index is 2.26. The molecule has 0 bridgehead atoms. The highest BCUT2D eigenvalue weighted by Gasteiger charge is 2.11. The Morgan fingerprint density at radius 1 is 1.35 bits per heavy atom. The molecule has 0 amide bonds. The first-order valence-electron chi connectivity index (χ1n) is 6.69. The summed E-state index contributed by atoms with van der Waals surface area (Å²) in [6, 6.07) is 5.79. The average Bonchev–Trinajstić information content (AvgIpc) is 2.70. The number of ether oxygens (including phenoxy) is 1.